The summed E-state index contributed by atoms with van der Waals surface area (Å²) in [4.78, 5) is 12.9. The maximum Gasteiger partial charge on any atom is 0.243 e. The predicted octanol–water partition coefficient (Wildman–Crippen LogP) is 3.45. The van der Waals surface area contributed by atoms with Gasteiger partial charge in [-0.2, -0.15) is 4.31 Å². The summed E-state index contributed by atoms with van der Waals surface area (Å²) in [5, 5.41) is 0. The zero-order chi connectivity index (χ0) is 22.2. The van der Waals surface area contributed by atoms with Crippen LogP contribution in [0.1, 0.15) is 35.7 Å². The zero-order valence-corrected chi connectivity index (χ0v) is 18.2. The van der Waals surface area contributed by atoms with Gasteiger partial charge in [0.05, 0.1) is 4.90 Å². The van der Waals surface area contributed by atoms with Crippen LogP contribution in [0.2, 0.25) is 0 Å². The summed E-state index contributed by atoms with van der Waals surface area (Å²) in [7, 11) is -3.71. The van der Waals surface area contributed by atoms with Crippen molar-refractivity contribution in [3.8, 4) is 11.1 Å². The topological polar surface area (TPSA) is 102 Å². The van der Waals surface area contributed by atoms with Crippen LogP contribution in [0.15, 0.2) is 47.6 Å². The van der Waals surface area contributed by atoms with E-state index in [2.05, 4.69) is 15.0 Å². The summed E-state index contributed by atoms with van der Waals surface area (Å²) < 4.78 is 41.4. The Bertz CT molecular complexity index is 1220. The van der Waals surface area contributed by atoms with E-state index in [1.807, 2.05) is 19.1 Å². The number of piperidine rings is 1. The van der Waals surface area contributed by atoms with Gasteiger partial charge < -0.3 is 5.73 Å². The first-order valence-corrected chi connectivity index (χ1v) is 11.5. The maximum atomic E-state index is 13.6. The highest BCUT2D eigenvalue weighted by molar-refractivity contribution is 7.89. The molecule has 1 saturated heterocycles. The summed E-state index contributed by atoms with van der Waals surface area (Å²) >= 11 is 0. The molecule has 1 aliphatic rings. The first kappa shape index (κ1) is 21.3. The Balaban J connectivity index is 1.62. The smallest absolute Gasteiger partial charge is 0.243 e. The van der Waals surface area contributed by atoms with Gasteiger partial charge in [0.2, 0.25) is 16.0 Å². The van der Waals surface area contributed by atoms with Crippen molar-refractivity contribution in [3.63, 3.8) is 0 Å². The van der Waals surface area contributed by atoms with Crippen LogP contribution in [0, 0.1) is 19.7 Å². The highest BCUT2D eigenvalue weighted by Gasteiger charge is 2.32. The maximum absolute atomic E-state index is 13.6. The van der Waals surface area contributed by atoms with Crippen LogP contribution in [-0.2, 0) is 10.0 Å². The number of benzene rings is 1. The minimum Gasteiger partial charge on any atom is -0.368 e. The molecule has 31 heavy (non-hydrogen) atoms. The molecule has 2 aromatic heterocycles. The molecule has 1 aromatic carbocycles. The number of aromatic nitrogens is 3. The number of anilines is 1. The van der Waals surface area contributed by atoms with Gasteiger partial charge in [-0.1, -0.05) is 0 Å². The fraction of sp³-hybridized carbons (Fsp3) is 0.318. The van der Waals surface area contributed by atoms with Crippen molar-refractivity contribution in [2.45, 2.75) is 37.5 Å². The molecule has 3 heterocycles. The van der Waals surface area contributed by atoms with Crippen molar-refractivity contribution in [2.75, 3.05) is 18.8 Å². The summed E-state index contributed by atoms with van der Waals surface area (Å²) in [5.74, 6) is -0.254. The summed E-state index contributed by atoms with van der Waals surface area (Å²) in [6, 6.07) is 7.82. The number of nitrogens with two attached hydrogens (primary N) is 1. The van der Waals surface area contributed by atoms with E-state index in [1.165, 1.54) is 22.5 Å². The molecule has 0 bridgehead atoms. The van der Waals surface area contributed by atoms with Crippen LogP contribution >= 0.6 is 0 Å². The lowest BCUT2D eigenvalue weighted by Crippen LogP contribution is -2.39. The molecular formula is C22H24FN5O2S. The lowest BCUT2D eigenvalue weighted by Gasteiger charge is -2.32. The van der Waals surface area contributed by atoms with E-state index in [0.29, 0.717) is 18.7 Å². The van der Waals surface area contributed by atoms with Gasteiger partial charge in [0.25, 0.3) is 0 Å². The number of halogens is 1. The van der Waals surface area contributed by atoms with Gasteiger partial charge in [0, 0.05) is 48.4 Å². The first-order chi connectivity index (χ1) is 14.7. The molecule has 3 aromatic rings. The molecule has 0 unspecified atom stereocenters. The SMILES string of the molecule is Cc1cc(-c2cnc(N)nc2)cc([C@H]2CCCN(S(=O)(=O)c3ccc(F)c(C)c3)C2)n1. The minimum absolute atomic E-state index is 0.0431. The lowest BCUT2D eigenvalue weighted by molar-refractivity contribution is 0.312. The minimum atomic E-state index is -3.71. The van der Waals surface area contributed by atoms with Gasteiger partial charge >= 0.3 is 0 Å². The van der Waals surface area contributed by atoms with Crippen LogP contribution in [0.5, 0.6) is 0 Å². The van der Waals surface area contributed by atoms with Crippen LogP contribution in [0.3, 0.4) is 0 Å². The molecular weight excluding hydrogens is 417 g/mol. The van der Waals surface area contributed by atoms with Crippen molar-refractivity contribution in [3.05, 3.63) is 65.5 Å². The Morgan fingerprint density at radius 3 is 2.55 bits per heavy atom. The third-order valence-corrected chi connectivity index (χ3v) is 7.41. The number of hydrogen-bond donors (Lipinski definition) is 1. The molecule has 162 valence electrons. The second-order valence-corrected chi connectivity index (χ2v) is 9.80. The summed E-state index contributed by atoms with van der Waals surface area (Å²) in [5.41, 5.74) is 9.30. The van der Waals surface area contributed by atoms with Gasteiger partial charge in [0.1, 0.15) is 5.82 Å². The van der Waals surface area contributed by atoms with E-state index < -0.39 is 15.8 Å². The molecule has 2 N–H and O–H groups in total. The standard InChI is InChI=1S/C22H24FN5O2S/c1-14-8-19(5-6-20(14)23)31(29,30)28-7-3-4-16(13-28)21-10-17(9-15(2)27-21)18-11-25-22(24)26-12-18/h5-6,8-12,16H,3-4,7,13H2,1-2H3,(H2,24,25,26)/t16-/m0/s1. The second kappa shape index (κ2) is 8.32. The molecule has 0 aliphatic carbocycles. The van der Waals surface area contributed by atoms with Gasteiger partial charge in [0.15, 0.2) is 0 Å². The van der Waals surface area contributed by atoms with E-state index in [-0.39, 0.29) is 16.8 Å². The van der Waals surface area contributed by atoms with Gasteiger partial charge in [-0.3, -0.25) is 4.98 Å². The van der Waals surface area contributed by atoms with Crippen LogP contribution in [-0.4, -0.2) is 40.8 Å². The molecule has 0 amide bonds. The Labute approximate surface area is 181 Å². The average Bonchev–Trinajstić information content (AvgIpc) is 2.75. The van der Waals surface area contributed by atoms with Crippen LogP contribution < -0.4 is 5.73 Å². The second-order valence-electron chi connectivity index (χ2n) is 7.87. The highest BCUT2D eigenvalue weighted by Crippen LogP contribution is 2.32. The van der Waals surface area contributed by atoms with E-state index in [1.54, 1.807) is 19.3 Å². The number of rotatable bonds is 4. The fourth-order valence-corrected chi connectivity index (χ4v) is 5.50. The normalized spacial score (nSPS) is 17.6. The Kier molecular flexibility index (Phi) is 5.72. The number of nitrogens with zero attached hydrogens (tertiary/aromatic N) is 4. The molecule has 7 nitrogen and oxygen atoms in total. The molecule has 9 heteroatoms. The van der Waals surface area contributed by atoms with Crippen LogP contribution in [0.4, 0.5) is 10.3 Å². The first-order valence-electron chi connectivity index (χ1n) is 10.1. The molecule has 0 spiro atoms. The summed E-state index contributed by atoms with van der Waals surface area (Å²) in [6.07, 6.45) is 4.88. The molecule has 4 rings (SSSR count). The van der Waals surface area contributed by atoms with E-state index in [0.717, 1.165) is 35.4 Å². The van der Waals surface area contributed by atoms with Gasteiger partial charge in [-0.25, -0.2) is 22.8 Å². The van der Waals surface area contributed by atoms with Crippen molar-refractivity contribution >= 4 is 16.0 Å². The molecule has 0 saturated carbocycles. The number of nitrogen functional groups attached to an aromatic ring is 1. The fourth-order valence-electron chi connectivity index (χ4n) is 3.89. The van der Waals surface area contributed by atoms with E-state index >= 15 is 0 Å². The van der Waals surface area contributed by atoms with E-state index in [9.17, 15) is 12.8 Å². The predicted molar refractivity (Wildman–Crippen MR) is 116 cm³/mol. The van der Waals surface area contributed by atoms with Gasteiger partial charge in [-0.15, -0.1) is 0 Å². The zero-order valence-electron chi connectivity index (χ0n) is 17.4. The van der Waals surface area contributed by atoms with Gasteiger partial charge in [-0.05, 0) is 68.1 Å². The molecule has 1 atom stereocenters. The third-order valence-electron chi connectivity index (χ3n) is 5.55. The summed E-state index contributed by atoms with van der Waals surface area (Å²) in [6.45, 7) is 4.23. The number of hydrogen-bond acceptors (Lipinski definition) is 6. The third kappa shape index (κ3) is 4.42. The monoisotopic (exact) mass is 441 g/mol. The Morgan fingerprint density at radius 2 is 1.84 bits per heavy atom. The van der Waals surface area contributed by atoms with Crippen molar-refractivity contribution in [1.82, 2.24) is 19.3 Å². The van der Waals surface area contributed by atoms with Crippen molar-refractivity contribution < 1.29 is 12.8 Å². The van der Waals surface area contributed by atoms with Crippen LogP contribution in [0.25, 0.3) is 11.1 Å². The molecule has 1 fully saturated rings. The highest BCUT2D eigenvalue weighted by atomic mass is 32.2. The Hall–Kier alpha value is -2.91. The molecule has 1 aliphatic heterocycles. The number of aryl methyl sites for hydroxylation is 2. The lowest BCUT2D eigenvalue weighted by atomic mass is 9.93. The molecule has 0 radical (unpaired) electrons. The number of sulfonamides is 1. The van der Waals surface area contributed by atoms with Crippen molar-refractivity contribution in [1.29, 1.82) is 0 Å². The van der Waals surface area contributed by atoms with Crippen molar-refractivity contribution in [2.24, 2.45) is 0 Å². The quantitative estimate of drug-likeness (QED) is 0.665. The largest absolute Gasteiger partial charge is 0.368 e. The Morgan fingerprint density at radius 1 is 1.10 bits per heavy atom. The van der Waals surface area contributed by atoms with E-state index in [4.69, 9.17) is 5.73 Å². The average molecular weight is 442 g/mol. The number of pyridine rings is 1.